The van der Waals surface area contributed by atoms with Gasteiger partial charge in [-0.25, -0.2) is 0 Å². The van der Waals surface area contributed by atoms with Crippen LogP contribution >= 0.6 is 0 Å². The highest BCUT2D eigenvalue weighted by Crippen LogP contribution is 2.25. The fourth-order valence-electron chi connectivity index (χ4n) is 2.34. The molecule has 5 heteroatoms. The molecule has 1 unspecified atom stereocenters. The zero-order valence-corrected chi connectivity index (χ0v) is 13.3. The lowest BCUT2D eigenvalue weighted by atomic mass is 10.1. The molecule has 0 bridgehead atoms. The first-order chi connectivity index (χ1) is 11.5. The summed E-state index contributed by atoms with van der Waals surface area (Å²) in [6.45, 7) is 0.149. The fraction of sp³-hybridized carbons (Fsp3) is 0.263. The van der Waals surface area contributed by atoms with Gasteiger partial charge < -0.3 is 4.74 Å². The molecule has 0 heterocycles. The zero-order valence-electron chi connectivity index (χ0n) is 13.3. The molecule has 0 aromatic heterocycles. The Morgan fingerprint density at radius 1 is 1.00 bits per heavy atom. The molecule has 0 aliphatic rings. The molecule has 128 valence electrons. The highest BCUT2D eigenvalue weighted by molar-refractivity contribution is 5.49. The summed E-state index contributed by atoms with van der Waals surface area (Å²) in [5.41, 5.74) is 1.47. The minimum atomic E-state index is -4.40. The molecule has 0 fully saturated rings. The van der Waals surface area contributed by atoms with Crippen LogP contribution in [0.3, 0.4) is 0 Å². The maximum Gasteiger partial charge on any atom is 0.407 e. The summed E-state index contributed by atoms with van der Waals surface area (Å²) in [7, 11) is 1.47. The van der Waals surface area contributed by atoms with Crippen LogP contribution in [0.4, 0.5) is 13.2 Å². The first kappa shape index (κ1) is 18.2. The Morgan fingerprint density at radius 3 is 2.12 bits per heavy atom. The normalized spacial score (nSPS) is 14.7. The van der Waals surface area contributed by atoms with Gasteiger partial charge in [0.1, 0.15) is 6.04 Å². The highest BCUT2D eigenvalue weighted by Gasteiger charge is 2.39. The molecule has 0 saturated heterocycles. The van der Waals surface area contributed by atoms with E-state index in [4.69, 9.17) is 4.74 Å². The molecule has 0 aliphatic carbocycles. The predicted molar refractivity (Wildman–Crippen MR) is 89.5 cm³/mol. The van der Waals surface area contributed by atoms with Crippen molar-refractivity contribution in [1.29, 1.82) is 0 Å². The maximum atomic E-state index is 13.4. The number of rotatable bonds is 7. The molecule has 2 nitrogen and oxygen atoms in total. The number of hydrogen-bond acceptors (Lipinski definition) is 2. The van der Waals surface area contributed by atoms with E-state index < -0.39 is 18.3 Å². The van der Waals surface area contributed by atoms with Gasteiger partial charge in [-0.05, 0) is 11.1 Å². The number of methoxy groups -OCH3 is 1. The van der Waals surface area contributed by atoms with Crippen LogP contribution in [0.1, 0.15) is 17.2 Å². The lowest BCUT2D eigenvalue weighted by Gasteiger charge is -2.25. The summed E-state index contributed by atoms with van der Waals surface area (Å²) in [6, 6.07) is 15.6. The highest BCUT2D eigenvalue weighted by atomic mass is 19.4. The summed E-state index contributed by atoms with van der Waals surface area (Å²) in [6.07, 6.45) is -1.78. The Morgan fingerprint density at radius 2 is 1.58 bits per heavy atom. The van der Waals surface area contributed by atoms with Gasteiger partial charge in [-0.3, -0.25) is 5.32 Å². The molecular weight excluding hydrogens is 315 g/mol. The number of nitrogens with one attached hydrogen (secondary N) is 1. The number of halogens is 3. The van der Waals surface area contributed by atoms with E-state index in [0.29, 0.717) is 0 Å². The van der Waals surface area contributed by atoms with Crippen molar-refractivity contribution in [2.24, 2.45) is 0 Å². The summed E-state index contributed by atoms with van der Waals surface area (Å²) in [5.74, 6) is 0. The van der Waals surface area contributed by atoms with Crippen molar-refractivity contribution in [3.8, 4) is 0 Å². The summed E-state index contributed by atoms with van der Waals surface area (Å²) < 4.78 is 45.2. The second-order valence-electron chi connectivity index (χ2n) is 5.37. The smallest absolute Gasteiger partial charge is 0.383 e. The van der Waals surface area contributed by atoms with Gasteiger partial charge in [-0.1, -0.05) is 72.8 Å². The van der Waals surface area contributed by atoms with Crippen molar-refractivity contribution in [2.75, 3.05) is 13.7 Å². The molecule has 1 N–H and O–H groups in total. The van der Waals surface area contributed by atoms with E-state index in [2.05, 4.69) is 5.32 Å². The summed E-state index contributed by atoms with van der Waals surface area (Å²) in [4.78, 5) is 0. The second kappa shape index (κ2) is 8.66. The molecule has 0 saturated carbocycles. The standard InChI is InChI=1S/C19H20F3NO/c1-24-14-17(16-10-6-3-7-11-16)23-18(19(20,21)22)13-12-15-8-4-2-5-9-15/h2-13,17-18,23H,14H2,1H3/b13-12+/t17-,18?/m0/s1. The Kier molecular flexibility index (Phi) is 6.58. The largest absolute Gasteiger partial charge is 0.407 e. The van der Waals surface area contributed by atoms with E-state index >= 15 is 0 Å². The minimum Gasteiger partial charge on any atom is -0.383 e. The minimum absolute atomic E-state index is 0.149. The monoisotopic (exact) mass is 335 g/mol. The molecule has 0 radical (unpaired) electrons. The van der Waals surface area contributed by atoms with Gasteiger partial charge in [-0.15, -0.1) is 0 Å². The van der Waals surface area contributed by atoms with Crippen molar-refractivity contribution in [3.63, 3.8) is 0 Å². The van der Waals surface area contributed by atoms with Crippen molar-refractivity contribution < 1.29 is 17.9 Å². The topological polar surface area (TPSA) is 21.3 Å². The van der Waals surface area contributed by atoms with Gasteiger partial charge in [-0.2, -0.15) is 13.2 Å². The van der Waals surface area contributed by atoms with Gasteiger partial charge in [0.25, 0.3) is 0 Å². The first-order valence-electron chi connectivity index (χ1n) is 7.60. The van der Waals surface area contributed by atoms with Crippen molar-refractivity contribution in [2.45, 2.75) is 18.3 Å². The second-order valence-corrected chi connectivity index (χ2v) is 5.37. The molecule has 2 aromatic carbocycles. The van der Waals surface area contributed by atoms with Crippen LogP contribution in [-0.2, 0) is 4.74 Å². The Labute approximate surface area is 140 Å². The van der Waals surface area contributed by atoms with E-state index in [1.807, 2.05) is 12.1 Å². The van der Waals surface area contributed by atoms with Crippen LogP contribution in [0, 0.1) is 0 Å². The van der Waals surface area contributed by atoms with Gasteiger partial charge in [0, 0.05) is 7.11 Å². The number of ether oxygens (including phenoxy) is 1. The van der Waals surface area contributed by atoms with Crippen LogP contribution in [0.25, 0.3) is 6.08 Å². The molecule has 24 heavy (non-hydrogen) atoms. The number of alkyl halides is 3. The SMILES string of the molecule is COC[C@H](NC(/C=C/c1ccccc1)C(F)(F)F)c1ccccc1. The molecule has 0 aliphatic heterocycles. The van der Waals surface area contributed by atoms with Gasteiger partial charge in [0.2, 0.25) is 0 Å². The molecule has 2 aromatic rings. The Balaban J connectivity index is 2.19. The Hall–Kier alpha value is -2.11. The van der Waals surface area contributed by atoms with E-state index in [1.165, 1.54) is 13.2 Å². The molecule has 0 amide bonds. The number of hydrogen-bond donors (Lipinski definition) is 1. The van der Waals surface area contributed by atoms with E-state index in [1.54, 1.807) is 48.5 Å². The van der Waals surface area contributed by atoms with E-state index in [9.17, 15) is 13.2 Å². The molecule has 0 spiro atoms. The molecular formula is C19H20F3NO. The lowest BCUT2D eigenvalue weighted by molar-refractivity contribution is -0.147. The molecule has 2 atom stereocenters. The summed E-state index contributed by atoms with van der Waals surface area (Å²) >= 11 is 0. The molecule has 2 rings (SSSR count). The van der Waals surface area contributed by atoms with E-state index in [-0.39, 0.29) is 6.61 Å². The van der Waals surface area contributed by atoms with Gasteiger partial charge in [0.15, 0.2) is 0 Å². The third kappa shape index (κ3) is 5.51. The van der Waals surface area contributed by atoms with Crippen LogP contribution in [0.5, 0.6) is 0 Å². The third-order valence-corrected chi connectivity index (χ3v) is 3.55. The van der Waals surface area contributed by atoms with Crippen molar-refractivity contribution in [1.82, 2.24) is 5.32 Å². The third-order valence-electron chi connectivity index (χ3n) is 3.55. The van der Waals surface area contributed by atoms with Crippen LogP contribution in [0.15, 0.2) is 66.7 Å². The quantitative estimate of drug-likeness (QED) is 0.798. The van der Waals surface area contributed by atoms with Crippen molar-refractivity contribution in [3.05, 3.63) is 77.9 Å². The van der Waals surface area contributed by atoms with Crippen LogP contribution < -0.4 is 5.32 Å². The average Bonchev–Trinajstić information content (AvgIpc) is 2.58. The predicted octanol–water partition coefficient (Wildman–Crippen LogP) is 4.61. The van der Waals surface area contributed by atoms with Gasteiger partial charge in [0.05, 0.1) is 12.6 Å². The summed E-state index contributed by atoms with van der Waals surface area (Å²) in [5, 5.41) is 2.64. The zero-order chi connectivity index (χ0) is 17.4. The Bertz CT molecular complexity index is 626. The van der Waals surface area contributed by atoms with Crippen LogP contribution in [-0.4, -0.2) is 25.9 Å². The lowest BCUT2D eigenvalue weighted by Crippen LogP contribution is -2.43. The van der Waals surface area contributed by atoms with Crippen molar-refractivity contribution >= 4 is 6.08 Å². The maximum absolute atomic E-state index is 13.4. The average molecular weight is 335 g/mol. The van der Waals surface area contributed by atoms with E-state index in [0.717, 1.165) is 17.2 Å². The first-order valence-corrected chi connectivity index (χ1v) is 7.60. The fourth-order valence-corrected chi connectivity index (χ4v) is 2.34. The van der Waals surface area contributed by atoms with Crippen LogP contribution in [0.2, 0.25) is 0 Å². The number of benzene rings is 2. The van der Waals surface area contributed by atoms with Gasteiger partial charge >= 0.3 is 6.18 Å².